The predicted octanol–water partition coefficient (Wildman–Crippen LogP) is 2.64. The fourth-order valence-corrected chi connectivity index (χ4v) is 2.74. The predicted molar refractivity (Wildman–Crippen MR) is 63.9 cm³/mol. The standard InChI is InChI=1S/C13H23NO/c1-10(2)12(15)13(14(4)5)8-6-7-11(3)9-13/h11H,1,6-9H2,2-5H3. The van der Waals surface area contributed by atoms with Crippen molar-refractivity contribution in [3.8, 4) is 0 Å². The average molecular weight is 209 g/mol. The van der Waals surface area contributed by atoms with Gasteiger partial charge in [0.1, 0.15) is 0 Å². The lowest BCUT2D eigenvalue weighted by Gasteiger charge is -2.43. The summed E-state index contributed by atoms with van der Waals surface area (Å²) >= 11 is 0. The van der Waals surface area contributed by atoms with E-state index in [9.17, 15) is 4.79 Å². The fraction of sp³-hybridized carbons (Fsp3) is 0.769. The van der Waals surface area contributed by atoms with Crippen LogP contribution in [0.2, 0.25) is 0 Å². The van der Waals surface area contributed by atoms with Crippen LogP contribution in [0.4, 0.5) is 0 Å². The molecule has 1 saturated carbocycles. The van der Waals surface area contributed by atoms with Crippen LogP contribution in [0.1, 0.15) is 39.5 Å². The molecule has 0 saturated heterocycles. The Bertz CT molecular complexity index is 270. The van der Waals surface area contributed by atoms with E-state index in [4.69, 9.17) is 0 Å². The minimum Gasteiger partial charge on any atom is -0.297 e. The van der Waals surface area contributed by atoms with Crippen LogP contribution < -0.4 is 0 Å². The molecule has 2 unspecified atom stereocenters. The quantitative estimate of drug-likeness (QED) is 0.666. The summed E-state index contributed by atoms with van der Waals surface area (Å²) in [5, 5.41) is 0. The van der Waals surface area contributed by atoms with Crippen molar-refractivity contribution in [1.82, 2.24) is 4.90 Å². The number of nitrogens with zero attached hydrogens (tertiary/aromatic N) is 1. The SMILES string of the molecule is C=C(C)C(=O)C1(N(C)C)CCCC(C)C1. The van der Waals surface area contributed by atoms with Crippen LogP contribution >= 0.6 is 0 Å². The zero-order valence-electron chi connectivity index (χ0n) is 10.5. The van der Waals surface area contributed by atoms with Gasteiger partial charge in [0.05, 0.1) is 5.54 Å². The van der Waals surface area contributed by atoms with Crippen molar-refractivity contribution in [2.45, 2.75) is 45.1 Å². The first-order valence-corrected chi connectivity index (χ1v) is 5.78. The number of hydrogen-bond acceptors (Lipinski definition) is 2. The van der Waals surface area contributed by atoms with Crippen LogP contribution in [0.15, 0.2) is 12.2 Å². The van der Waals surface area contributed by atoms with E-state index >= 15 is 0 Å². The molecule has 2 nitrogen and oxygen atoms in total. The van der Waals surface area contributed by atoms with Crippen LogP contribution in [0.3, 0.4) is 0 Å². The Morgan fingerprint density at radius 2 is 2.07 bits per heavy atom. The van der Waals surface area contributed by atoms with E-state index in [1.807, 2.05) is 21.0 Å². The van der Waals surface area contributed by atoms with Gasteiger partial charge in [0.2, 0.25) is 0 Å². The minimum atomic E-state index is -0.274. The second-order valence-corrected chi connectivity index (χ2v) is 5.24. The van der Waals surface area contributed by atoms with E-state index in [-0.39, 0.29) is 11.3 Å². The lowest BCUT2D eigenvalue weighted by atomic mass is 9.72. The van der Waals surface area contributed by atoms with Crippen LogP contribution in [0.25, 0.3) is 0 Å². The molecule has 0 bridgehead atoms. The average Bonchev–Trinajstić information content (AvgIpc) is 2.16. The molecule has 2 atom stereocenters. The summed E-state index contributed by atoms with van der Waals surface area (Å²) in [6, 6.07) is 0. The van der Waals surface area contributed by atoms with Crippen molar-refractivity contribution < 1.29 is 4.79 Å². The highest BCUT2D eigenvalue weighted by atomic mass is 16.1. The van der Waals surface area contributed by atoms with Crippen molar-refractivity contribution >= 4 is 5.78 Å². The molecule has 1 fully saturated rings. The zero-order chi connectivity index (χ0) is 11.6. The maximum absolute atomic E-state index is 12.3. The van der Waals surface area contributed by atoms with E-state index in [1.54, 1.807) is 0 Å². The number of hydrogen-bond donors (Lipinski definition) is 0. The summed E-state index contributed by atoms with van der Waals surface area (Å²) < 4.78 is 0. The molecule has 1 aliphatic carbocycles. The number of carbonyl (C=O) groups is 1. The molecule has 0 aliphatic heterocycles. The van der Waals surface area contributed by atoms with Gasteiger partial charge >= 0.3 is 0 Å². The smallest absolute Gasteiger partial charge is 0.178 e. The van der Waals surface area contributed by atoms with Crippen molar-refractivity contribution in [2.24, 2.45) is 5.92 Å². The van der Waals surface area contributed by atoms with Crippen LogP contribution in [-0.4, -0.2) is 30.3 Å². The van der Waals surface area contributed by atoms with Crippen molar-refractivity contribution in [3.05, 3.63) is 12.2 Å². The largest absolute Gasteiger partial charge is 0.297 e. The van der Waals surface area contributed by atoms with E-state index < -0.39 is 0 Å². The van der Waals surface area contributed by atoms with E-state index in [1.165, 1.54) is 6.42 Å². The Labute approximate surface area is 93.3 Å². The lowest BCUT2D eigenvalue weighted by molar-refractivity contribution is -0.128. The summed E-state index contributed by atoms with van der Waals surface area (Å²) in [6.45, 7) is 7.87. The summed E-state index contributed by atoms with van der Waals surface area (Å²) in [5.41, 5.74) is 0.418. The molecule has 86 valence electrons. The first kappa shape index (κ1) is 12.4. The van der Waals surface area contributed by atoms with Crippen molar-refractivity contribution in [3.63, 3.8) is 0 Å². The Morgan fingerprint density at radius 1 is 1.47 bits per heavy atom. The minimum absolute atomic E-state index is 0.235. The van der Waals surface area contributed by atoms with Gasteiger partial charge in [0.15, 0.2) is 5.78 Å². The molecule has 0 N–H and O–H groups in total. The summed E-state index contributed by atoms with van der Waals surface area (Å²) in [7, 11) is 4.03. The van der Waals surface area contributed by atoms with Crippen LogP contribution in [-0.2, 0) is 4.79 Å². The lowest BCUT2D eigenvalue weighted by Crippen LogP contribution is -2.54. The highest BCUT2D eigenvalue weighted by Crippen LogP contribution is 2.37. The Morgan fingerprint density at radius 3 is 2.47 bits per heavy atom. The molecular formula is C13H23NO. The molecule has 0 amide bonds. The zero-order valence-corrected chi connectivity index (χ0v) is 10.5. The van der Waals surface area contributed by atoms with Gasteiger partial charge in [-0.05, 0) is 45.4 Å². The molecule has 0 aromatic heterocycles. The third-order valence-corrected chi connectivity index (χ3v) is 3.64. The third kappa shape index (κ3) is 2.31. The maximum Gasteiger partial charge on any atom is 0.178 e. The molecular weight excluding hydrogens is 186 g/mol. The second-order valence-electron chi connectivity index (χ2n) is 5.24. The molecule has 2 heteroatoms. The van der Waals surface area contributed by atoms with Gasteiger partial charge in [0.25, 0.3) is 0 Å². The van der Waals surface area contributed by atoms with E-state index in [2.05, 4.69) is 18.4 Å². The van der Waals surface area contributed by atoms with Gasteiger partial charge < -0.3 is 0 Å². The monoisotopic (exact) mass is 209 g/mol. The van der Waals surface area contributed by atoms with Gasteiger partial charge in [-0.3, -0.25) is 9.69 Å². The molecule has 1 aliphatic rings. The summed E-state index contributed by atoms with van der Waals surface area (Å²) in [5.74, 6) is 0.878. The summed E-state index contributed by atoms with van der Waals surface area (Å²) in [6.07, 6.45) is 4.36. The maximum atomic E-state index is 12.3. The fourth-order valence-electron chi connectivity index (χ4n) is 2.74. The van der Waals surface area contributed by atoms with Gasteiger partial charge in [-0.1, -0.05) is 26.3 Å². The van der Waals surface area contributed by atoms with Crippen LogP contribution in [0, 0.1) is 5.92 Å². The molecule has 1 rings (SSSR count). The second kappa shape index (κ2) is 4.48. The molecule has 0 aromatic carbocycles. The van der Waals surface area contributed by atoms with Crippen LogP contribution in [0.5, 0.6) is 0 Å². The molecule has 0 heterocycles. The highest BCUT2D eigenvalue weighted by molar-refractivity contribution is 6.01. The van der Waals surface area contributed by atoms with Crippen molar-refractivity contribution in [1.29, 1.82) is 0 Å². The number of Topliss-reactive ketones (excluding diaryl/α,β-unsaturated/α-hetero) is 1. The first-order chi connectivity index (χ1) is 6.90. The third-order valence-electron chi connectivity index (χ3n) is 3.64. The molecule has 0 aromatic rings. The normalized spacial score (nSPS) is 31.7. The first-order valence-electron chi connectivity index (χ1n) is 5.78. The number of likely N-dealkylation sites (N-methyl/N-ethyl adjacent to an activating group) is 1. The van der Waals surface area contributed by atoms with E-state index in [0.29, 0.717) is 11.5 Å². The van der Waals surface area contributed by atoms with Crippen molar-refractivity contribution in [2.75, 3.05) is 14.1 Å². The summed E-state index contributed by atoms with van der Waals surface area (Å²) in [4.78, 5) is 14.4. The number of rotatable bonds is 3. The molecule has 15 heavy (non-hydrogen) atoms. The van der Waals surface area contributed by atoms with Gasteiger partial charge in [0, 0.05) is 0 Å². The Kier molecular flexibility index (Phi) is 3.72. The Hall–Kier alpha value is -0.630. The van der Waals surface area contributed by atoms with E-state index in [0.717, 1.165) is 19.3 Å². The topological polar surface area (TPSA) is 20.3 Å². The molecule has 0 spiro atoms. The Balaban J connectivity index is 2.97. The van der Waals surface area contributed by atoms with Gasteiger partial charge in [-0.25, -0.2) is 0 Å². The number of carbonyl (C=O) groups excluding carboxylic acids is 1. The van der Waals surface area contributed by atoms with Gasteiger partial charge in [-0.15, -0.1) is 0 Å². The molecule has 0 radical (unpaired) electrons. The van der Waals surface area contributed by atoms with Gasteiger partial charge in [-0.2, -0.15) is 0 Å². The highest BCUT2D eigenvalue weighted by Gasteiger charge is 2.43. The number of ketones is 1.